The molecule has 4 aromatic rings. The van der Waals surface area contributed by atoms with Gasteiger partial charge in [0.05, 0.1) is 12.0 Å². The maximum absolute atomic E-state index is 12.6. The number of oxazole rings is 1. The monoisotopic (exact) mass is 474 g/mol. The predicted octanol–water partition coefficient (Wildman–Crippen LogP) is 4.58. The smallest absolute Gasteiger partial charge is 0.310 e. The van der Waals surface area contributed by atoms with Crippen LogP contribution in [0.25, 0.3) is 22.6 Å². The van der Waals surface area contributed by atoms with Gasteiger partial charge in [0, 0.05) is 12.1 Å². The number of esters is 1. The molecule has 180 valence electrons. The topological polar surface area (TPSA) is 122 Å². The first-order chi connectivity index (χ1) is 16.8. The zero-order valence-electron chi connectivity index (χ0n) is 19.4. The fourth-order valence-corrected chi connectivity index (χ4v) is 3.45. The Morgan fingerprint density at radius 1 is 1.00 bits per heavy atom. The number of aromatic hydroxyl groups is 2. The molecule has 1 heterocycles. The molecule has 0 aliphatic carbocycles. The summed E-state index contributed by atoms with van der Waals surface area (Å²) < 4.78 is 11.3. The maximum atomic E-state index is 12.6. The van der Waals surface area contributed by atoms with Gasteiger partial charge in [-0.1, -0.05) is 38.1 Å². The van der Waals surface area contributed by atoms with Crippen LogP contribution >= 0.6 is 0 Å². The van der Waals surface area contributed by atoms with Crippen LogP contribution in [0.15, 0.2) is 65.1 Å². The minimum atomic E-state index is -0.457. The second-order valence-corrected chi connectivity index (χ2v) is 8.63. The van der Waals surface area contributed by atoms with Crippen LogP contribution in [-0.4, -0.2) is 33.6 Å². The molecule has 0 saturated heterocycles. The van der Waals surface area contributed by atoms with Gasteiger partial charge in [0.15, 0.2) is 17.1 Å². The van der Waals surface area contributed by atoms with Gasteiger partial charge >= 0.3 is 5.97 Å². The molecular formula is C27H26N2O6. The number of nitrogens with one attached hydrogen (secondary N) is 1. The van der Waals surface area contributed by atoms with E-state index in [2.05, 4.69) is 10.3 Å². The zero-order chi connectivity index (χ0) is 24.9. The number of carbonyl (C=O) groups excluding carboxylic acids is 2. The van der Waals surface area contributed by atoms with Gasteiger partial charge in [-0.15, -0.1) is 0 Å². The minimum absolute atomic E-state index is 0.0259. The number of carbonyl (C=O) groups is 2. The molecule has 8 heteroatoms. The summed E-state index contributed by atoms with van der Waals surface area (Å²) in [6.07, 6.45) is -0.0259. The van der Waals surface area contributed by atoms with Crippen LogP contribution in [-0.2, 0) is 22.6 Å². The Balaban J connectivity index is 1.41. The van der Waals surface area contributed by atoms with Crippen molar-refractivity contribution in [1.29, 1.82) is 0 Å². The van der Waals surface area contributed by atoms with Gasteiger partial charge in [-0.2, -0.15) is 0 Å². The lowest BCUT2D eigenvalue weighted by atomic mass is 10.1. The summed E-state index contributed by atoms with van der Waals surface area (Å²) in [5.74, 6) is -0.463. The number of phenolic OH excluding ortho intramolecular Hbond substituents is 2. The lowest BCUT2D eigenvalue weighted by molar-refractivity contribution is -0.144. The Morgan fingerprint density at radius 2 is 1.74 bits per heavy atom. The van der Waals surface area contributed by atoms with E-state index in [1.165, 1.54) is 12.1 Å². The van der Waals surface area contributed by atoms with E-state index >= 15 is 0 Å². The number of benzene rings is 3. The van der Waals surface area contributed by atoms with Gasteiger partial charge < -0.3 is 24.7 Å². The van der Waals surface area contributed by atoms with Crippen LogP contribution in [0.2, 0.25) is 0 Å². The van der Waals surface area contributed by atoms with E-state index in [1.807, 2.05) is 26.0 Å². The molecular weight excluding hydrogens is 448 g/mol. The third-order valence-electron chi connectivity index (χ3n) is 5.32. The summed E-state index contributed by atoms with van der Waals surface area (Å²) in [7, 11) is 0. The summed E-state index contributed by atoms with van der Waals surface area (Å²) in [6.45, 7) is 4.70. The second-order valence-electron chi connectivity index (χ2n) is 8.63. The van der Waals surface area contributed by atoms with Crippen LogP contribution < -0.4 is 5.32 Å². The van der Waals surface area contributed by atoms with Crippen molar-refractivity contribution < 1.29 is 29.0 Å². The molecule has 0 aliphatic heterocycles. The Labute approximate surface area is 202 Å². The van der Waals surface area contributed by atoms with Gasteiger partial charge in [0.1, 0.15) is 12.1 Å². The summed E-state index contributed by atoms with van der Waals surface area (Å²) in [6, 6.07) is 16.7. The average molecular weight is 475 g/mol. The molecule has 1 amide bonds. The first kappa shape index (κ1) is 23.8. The van der Waals surface area contributed by atoms with Crippen molar-refractivity contribution in [2.24, 2.45) is 5.92 Å². The third-order valence-corrected chi connectivity index (χ3v) is 5.32. The van der Waals surface area contributed by atoms with Crippen molar-refractivity contribution >= 4 is 23.0 Å². The first-order valence-electron chi connectivity index (χ1n) is 11.2. The average Bonchev–Trinajstić information content (AvgIpc) is 3.28. The predicted molar refractivity (Wildman–Crippen MR) is 130 cm³/mol. The van der Waals surface area contributed by atoms with E-state index in [4.69, 9.17) is 9.15 Å². The van der Waals surface area contributed by atoms with Crippen LogP contribution in [0.3, 0.4) is 0 Å². The molecule has 0 bridgehead atoms. The Bertz CT molecular complexity index is 1360. The molecule has 0 fully saturated rings. The van der Waals surface area contributed by atoms with Crippen LogP contribution in [0.1, 0.15) is 35.3 Å². The summed E-state index contributed by atoms with van der Waals surface area (Å²) in [5, 5.41) is 21.8. The number of fused-ring (bicyclic) bond motifs is 1. The first-order valence-corrected chi connectivity index (χ1v) is 11.2. The van der Waals surface area contributed by atoms with E-state index in [0.717, 1.165) is 11.1 Å². The number of amides is 1. The van der Waals surface area contributed by atoms with Crippen molar-refractivity contribution in [3.05, 3.63) is 77.4 Å². The molecule has 0 radical (unpaired) electrons. The zero-order valence-corrected chi connectivity index (χ0v) is 19.4. The lowest BCUT2D eigenvalue weighted by Gasteiger charge is -2.07. The number of hydrogen-bond acceptors (Lipinski definition) is 7. The lowest BCUT2D eigenvalue weighted by Crippen LogP contribution is -2.27. The minimum Gasteiger partial charge on any atom is -0.504 e. The molecule has 0 saturated carbocycles. The normalized spacial score (nSPS) is 11.1. The molecule has 0 unspecified atom stereocenters. The fourth-order valence-electron chi connectivity index (χ4n) is 3.45. The van der Waals surface area contributed by atoms with E-state index in [0.29, 0.717) is 40.6 Å². The number of aromatic nitrogens is 1. The quantitative estimate of drug-likeness (QED) is 0.252. The van der Waals surface area contributed by atoms with Crippen molar-refractivity contribution in [3.8, 4) is 23.0 Å². The number of ether oxygens (including phenoxy) is 1. The molecule has 0 spiro atoms. The summed E-state index contributed by atoms with van der Waals surface area (Å²) >= 11 is 0. The van der Waals surface area contributed by atoms with Crippen molar-refractivity contribution in [2.75, 3.05) is 6.54 Å². The fraction of sp³-hybridized carbons (Fsp3) is 0.222. The largest absolute Gasteiger partial charge is 0.504 e. The van der Waals surface area contributed by atoms with E-state index in [-0.39, 0.29) is 30.4 Å². The van der Waals surface area contributed by atoms with Crippen molar-refractivity contribution in [1.82, 2.24) is 10.3 Å². The van der Waals surface area contributed by atoms with Crippen LogP contribution in [0, 0.1) is 5.92 Å². The summed E-state index contributed by atoms with van der Waals surface area (Å²) in [5.41, 5.74) is 3.50. The number of hydrogen-bond donors (Lipinski definition) is 3. The number of rotatable bonds is 8. The van der Waals surface area contributed by atoms with Crippen LogP contribution in [0.4, 0.5) is 0 Å². The standard InChI is InChI=1S/C27H26N2O6/c1-16(2)14-28-26(33)20-4-3-5-21-25(20)35-27(29-21)19-9-6-17(7-10-19)15-34-24(32)13-18-8-11-22(30)23(31)12-18/h3-12,16,30-31H,13-15H2,1-2H3,(H,28,33). The maximum Gasteiger partial charge on any atom is 0.310 e. The molecule has 0 aliphatic rings. The molecule has 3 N–H and O–H groups in total. The molecule has 4 rings (SSSR count). The van der Waals surface area contributed by atoms with E-state index in [1.54, 1.807) is 36.4 Å². The molecule has 3 aromatic carbocycles. The SMILES string of the molecule is CC(C)CNC(=O)c1cccc2nc(-c3ccc(COC(=O)Cc4ccc(O)c(O)c4)cc3)oc12. The van der Waals surface area contributed by atoms with Gasteiger partial charge in [-0.25, -0.2) is 4.98 Å². The molecule has 1 aromatic heterocycles. The highest BCUT2D eigenvalue weighted by Gasteiger charge is 2.17. The number of phenols is 2. The highest BCUT2D eigenvalue weighted by atomic mass is 16.5. The highest BCUT2D eigenvalue weighted by molar-refractivity contribution is 6.04. The third kappa shape index (κ3) is 5.78. The molecule has 0 atom stereocenters. The molecule has 35 heavy (non-hydrogen) atoms. The van der Waals surface area contributed by atoms with Crippen LogP contribution in [0.5, 0.6) is 11.5 Å². The summed E-state index contributed by atoms with van der Waals surface area (Å²) in [4.78, 5) is 29.2. The Morgan fingerprint density at radius 3 is 2.46 bits per heavy atom. The van der Waals surface area contributed by atoms with Gasteiger partial charge in [0.25, 0.3) is 5.91 Å². The van der Waals surface area contributed by atoms with E-state index in [9.17, 15) is 19.8 Å². The van der Waals surface area contributed by atoms with Gasteiger partial charge in [0.2, 0.25) is 5.89 Å². The van der Waals surface area contributed by atoms with Gasteiger partial charge in [-0.3, -0.25) is 9.59 Å². The number of para-hydroxylation sites is 1. The second kappa shape index (κ2) is 10.3. The van der Waals surface area contributed by atoms with Crippen molar-refractivity contribution in [2.45, 2.75) is 26.9 Å². The number of nitrogens with zero attached hydrogens (tertiary/aromatic N) is 1. The Kier molecular flexibility index (Phi) is 7.01. The highest BCUT2D eigenvalue weighted by Crippen LogP contribution is 2.27. The Hall–Kier alpha value is -4.33. The van der Waals surface area contributed by atoms with Crippen molar-refractivity contribution in [3.63, 3.8) is 0 Å². The molecule has 8 nitrogen and oxygen atoms in total. The van der Waals surface area contributed by atoms with Gasteiger partial charge in [-0.05, 0) is 53.4 Å². The van der Waals surface area contributed by atoms with E-state index < -0.39 is 5.97 Å².